The number of para-hydroxylation sites is 1. The van der Waals surface area contributed by atoms with Gasteiger partial charge in [-0.3, -0.25) is 4.79 Å². The summed E-state index contributed by atoms with van der Waals surface area (Å²) in [6, 6.07) is 7.85. The van der Waals surface area contributed by atoms with Crippen molar-refractivity contribution in [1.82, 2.24) is 15.3 Å². The normalized spacial score (nSPS) is 9.85. The molecule has 0 saturated carbocycles. The maximum Gasteiger partial charge on any atom is 0.254 e. The minimum absolute atomic E-state index is 0.215. The number of nitrogens with zero attached hydrogens (tertiary/aromatic N) is 2. The van der Waals surface area contributed by atoms with Crippen LogP contribution in [0.3, 0.4) is 0 Å². The standard InChI is InChI=1S/C15H16N4O/c1-3-8-16-14(20)12-9-17-15(18-10-12)19-13-7-5-4-6-11(13)2/h3-7,9-10H,1,8H2,2H3,(H,16,20)(H,17,18,19). The molecule has 1 heterocycles. The predicted octanol–water partition coefficient (Wildman–Crippen LogP) is 2.44. The zero-order valence-electron chi connectivity index (χ0n) is 11.3. The number of carbonyl (C=O) groups is 1. The van der Waals surface area contributed by atoms with E-state index in [1.54, 1.807) is 6.08 Å². The maximum atomic E-state index is 11.7. The highest BCUT2D eigenvalue weighted by Crippen LogP contribution is 2.16. The second kappa shape index (κ2) is 6.47. The SMILES string of the molecule is C=CCNC(=O)c1cnc(Nc2ccccc2C)nc1. The van der Waals surface area contributed by atoms with E-state index < -0.39 is 0 Å². The molecule has 1 aromatic heterocycles. The highest BCUT2D eigenvalue weighted by Gasteiger charge is 2.06. The first-order valence-corrected chi connectivity index (χ1v) is 6.24. The Kier molecular flexibility index (Phi) is 4.44. The van der Waals surface area contributed by atoms with Gasteiger partial charge in [0.25, 0.3) is 5.91 Å². The average Bonchev–Trinajstić information content (AvgIpc) is 2.48. The van der Waals surface area contributed by atoms with Crippen molar-refractivity contribution in [2.45, 2.75) is 6.92 Å². The van der Waals surface area contributed by atoms with E-state index in [4.69, 9.17) is 0 Å². The van der Waals surface area contributed by atoms with E-state index in [0.29, 0.717) is 18.1 Å². The van der Waals surface area contributed by atoms with Crippen LogP contribution in [0.25, 0.3) is 0 Å². The van der Waals surface area contributed by atoms with Crippen molar-refractivity contribution in [3.05, 3.63) is 60.4 Å². The fourth-order valence-electron chi connectivity index (χ4n) is 1.61. The zero-order valence-corrected chi connectivity index (χ0v) is 11.3. The number of amides is 1. The summed E-state index contributed by atoms with van der Waals surface area (Å²) in [5.74, 6) is 0.243. The van der Waals surface area contributed by atoms with E-state index in [9.17, 15) is 4.79 Å². The Morgan fingerprint density at radius 1 is 1.30 bits per heavy atom. The van der Waals surface area contributed by atoms with Gasteiger partial charge in [-0.05, 0) is 18.6 Å². The lowest BCUT2D eigenvalue weighted by molar-refractivity contribution is 0.0957. The van der Waals surface area contributed by atoms with Crippen LogP contribution in [0.2, 0.25) is 0 Å². The van der Waals surface area contributed by atoms with Crippen LogP contribution in [0.5, 0.6) is 0 Å². The lowest BCUT2D eigenvalue weighted by Crippen LogP contribution is -2.23. The largest absolute Gasteiger partial charge is 0.348 e. The van der Waals surface area contributed by atoms with Crippen molar-refractivity contribution in [2.24, 2.45) is 0 Å². The second-order valence-electron chi connectivity index (χ2n) is 4.23. The molecule has 0 saturated heterocycles. The van der Waals surface area contributed by atoms with Crippen LogP contribution in [0.1, 0.15) is 15.9 Å². The van der Waals surface area contributed by atoms with Gasteiger partial charge in [-0.2, -0.15) is 0 Å². The molecule has 102 valence electrons. The van der Waals surface area contributed by atoms with Crippen LogP contribution >= 0.6 is 0 Å². The van der Waals surface area contributed by atoms with E-state index >= 15 is 0 Å². The number of carbonyl (C=O) groups excluding carboxylic acids is 1. The summed E-state index contributed by atoms with van der Waals surface area (Å²) < 4.78 is 0. The summed E-state index contributed by atoms with van der Waals surface area (Å²) in [7, 11) is 0. The third-order valence-electron chi connectivity index (χ3n) is 2.71. The molecule has 0 aliphatic heterocycles. The molecule has 5 nitrogen and oxygen atoms in total. The van der Waals surface area contributed by atoms with Gasteiger partial charge in [0.2, 0.25) is 5.95 Å². The molecule has 0 fully saturated rings. The Hall–Kier alpha value is -2.69. The molecule has 1 aromatic carbocycles. The van der Waals surface area contributed by atoms with Crippen molar-refractivity contribution in [3.63, 3.8) is 0 Å². The molecule has 2 rings (SSSR count). The monoisotopic (exact) mass is 268 g/mol. The smallest absolute Gasteiger partial charge is 0.254 e. The fraction of sp³-hybridized carbons (Fsp3) is 0.133. The Bertz CT molecular complexity index is 608. The Morgan fingerprint density at radius 3 is 2.65 bits per heavy atom. The molecule has 5 heteroatoms. The van der Waals surface area contributed by atoms with Crippen molar-refractivity contribution in [2.75, 3.05) is 11.9 Å². The molecule has 1 amide bonds. The van der Waals surface area contributed by atoms with Gasteiger partial charge in [0.1, 0.15) is 0 Å². The molecule has 0 bridgehead atoms. The Balaban J connectivity index is 2.07. The van der Waals surface area contributed by atoms with Crippen LogP contribution < -0.4 is 10.6 Å². The minimum atomic E-state index is -0.215. The lowest BCUT2D eigenvalue weighted by atomic mass is 10.2. The van der Waals surface area contributed by atoms with Crippen molar-refractivity contribution >= 4 is 17.5 Å². The maximum absolute atomic E-state index is 11.7. The Morgan fingerprint density at radius 2 is 2.00 bits per heavy atom. The molecule has 2 N–H and O–H groups in total. The van der Waals surface area contributed by atoms with Crippen molar-refractivity contribution < 1.29 is 4.79 Å². The summed E-state index contributed by atoms with van der Waals surface area (Å²) in [6.45, 7) is 5.96. The van der Waals surface area contributed by atoms with Gasteiger partial charge in [-0.15, -0.1) is 6.58 Å². The third-order valence-corrected chi connectivity index (χ3v) is 2.71. The van der Waals surface area contributed by atoms with Crippen molar-refractivity contribution in [1.29, 1.82) is 0 Å². The highest BCUT2D eigenvalue weighted by molar-refractivity contribution is 5.93. The number of hydrogen-bond acceptors (Lipinski definition) is 4. The molecule has 0 aliphatic rings. The van der Waals surface area contributed by atoms with E-state index in [2.05, 4.69) is 27.2 Å². The lowest BCUT2D eigenvalue weighted by Gasteiger charge is -2.08. The quantitative estimate of drug-likeness (QED) is 0.817. The number of aromatic nitrogens is 2. The van der Waals surface area contributed by atoms with Gasteiger partial charge in [-0.1, -0.05) is 24.3 Å². The van der Waals surface area contributed by atoms with Gasteiger partial charge in [0.05, 0.1) is 5.56 Å². The van der Waals surface area contributed by atoms with Crippen LogP contribution in [-0.2, 0) is 0 Å². The van der Waals surface area contributed by atoms with Crippen LogP contribution in [0, 0.1) is 6.92 Å². The number of benzene rings is 1. The number of anilines is 2. The molecule has 0 aliphatic carbocycles. The summed E-state index contributed by atoms with van der Waals surface area (Å²) in [5, 5.41) is 5.78. The number of hydrogen-bond donors (Lipinski definition) is 2. The molecule has 0 radical (unpaired) electrons. The number of aryl methyl sites for hydroxylation is 1. The molecular weight excluding hydrogens is 252 g/mol. The van der Waals surface area contributed by atoms with Crippen LogP contribution in [0.15, 0.2) is 49.3 Å². The third kappa shape index (κ3) is 3.41. The summed E-state index contributed by atoms with van der Waals surface area (Å²) >= 11 is 0. The summed E-state index contributed by atoms with van der Waals surface area (Å²) in [6.07, 6.45) is 4.60. The van der Waals surface area contributed by atoms with Crippen molar-refractivity contribution in [3.8, 4) is 0 Å². The number of nitrogens with one attached hydrogen (secondary N) is 2. The average molecular weight is 268 g/mol. The summed E-state index contributed by atoms with van der Waals surface area (Å²) in [5.41, 5.74) is 2.46. The molecule has 2 aromatic rings. The molecule has 0 spiro atoms. The first kappa shape index (κ1) is 13.7. The van der Waals surface area contributed by atoms with Gasteiger partial charge in [0.15, 0.2) is 0 Å². The first-order valence-electron chi connectivity index (χ1n) is 6.24. The number of rotatable bonds is 5. The van der Waals surface area contributed by atoms with Gasteiger partial charge < -0.3 is 10.6 Å². The van der Waals surface area contributed by atoms with E-state index in [1.165, 1.54) is 12.4 Å². The predicted molar refractivity (Wildman–Crippen MR) is 79.0 cm³/mol. The second-order valence-corrected chi connectivity index (χ2v) is 4.23. The fourth-order valence-corrected chi connectivity index (χ4v) is 1.61. The van der Waals surface area contributed by atoms with Crippen LogP contribution in [-0.4, -0.2) is 22.4 Å². The molecule has 0 unspecified atom stereocenters. The molecular formula is C15H16N4O. The highest BCUT2D eigenvalue weighted by atomic mass is 16.1. The van der Waals surface area contributed by atoms with E-state index in [0.717, 1.165) is 11.3 Å². The zero-order chi connectivity index (χ0) is 14.4. The van der Waals surface area contributed by atoms with Gasteiger partial charge in [-0.25, -0.2) is 9.97 Å². The Labute approximate surface area is 117 Å². The molecule has 20 heavy (non-hydrogen) atoms. The van der Waals surface area contributed by atoms with E-state index in [1.807, 2.05) is 31.2 Å². The van der Waals surface area contributed by atoms with E-state index in [-0.39, 0.29) is 5.91 Å². The first-order chi connectivity index (χ1) is 9.70. The van der Waals surface area contributed by atoms with Gasteiger partial charge in [0, 0.05) is 24.6 Å². The van der Waals surface area contributed by atoms with Gasteiger partial charge >= 0.3 is 0 Å². The minimum Gasteiger partial charge on any atom is -0.348 e. The summed E-state index contributed by atoms with van der Waals surface area (Å²) in [4.78, 5) is 19.9. The molecule has 0 atom stereocenters. The topological polar surface area (TPSA) is 66.9 Å². The van der Waals surface area contributed by atoms with Crippen LogP contribution in [0.4, 0.5) is 11.6 Å².